The van der Waals surface area contributed by atoms with Gasteiger partial charge in [-0.1, -0.05) is 0 Å². The third-order valence-corrected chi connectivity index (χ3v) is 2.68. The number of aromatic carboxylic acids is 1. The Hall–Kier alpha value is -3.14. The fourth-order valence-electron chi connectivity index (χ4n) is 1.62. The highest BCUT2D eigenvalue weighted by atomic mass is 16.5. The average molecular weight is 285 g/mol. The number of benzene rings is 1. The van der Waals surface area contributed by atoms with Crippen molar-refractivity contribution in [3.8, 4) is 23.6 Å². The minimum Gasteiger partial charge on any atom is -0.493 e. The summed E-state index contributed by atoms with van der Waals surface area (Å²) in [6.45, 7) is 1.55. The molecule has 1 aromatic carbocycles. The molecule has 1 N–H and O–H groups in total. The van der Waals surface area contributed by atoms with Crippen molar-refractivity contribution in [3.05, 3.63) is 41.2 Å². The van der Waals surface area contributed by atoms with Gasteiger partial charge in [0.05, 0.1) is 30.0 Å². The Morgan fingerprint density at radius 2 is 2.14 bits per heavy atom. The fourth-order valence-corrected chi connectivity index (χ4v) is 1.62. The molecule has 106 valence electrons. The summed E-state index contributed by atoms with van der Waals surface area (Å²) in [7, 11) is 1.45. The number of rotatable bonds is 4. The topological polar surface area (TPSA) is 105 Å². The largest absolute Gasteiger partial charge is 0.493 e. The smallest absolute Gasteiger partial charge is 0.339 e. The van der Waals surface area contributed by atoms with Crippen LogP contribution in [0.1, 0.15) is 21.6 Å². The highest BCUT2D eigenvalue weighted by Crippen LogP contribution is 2.30. The number of hydrogen-bond donors (Lipinski definition) is 1. The third kappa shape index (κ3) is 3.06. The summed E-state index contributed by atoms with van der Waals surface area (Å²) in [6, 6.07) is 6.63. The van der Waals surface area contributed by atoms with E-state index >= 15 is 0 Å². The summed E-state index contributed by atoms with van der Waals surface area (Å²) >= 11 is 0. The number of aryl methyl sites for hydroxylation is 1. The lowest BCUT2D eigenvalue weighted by Gasteiger charge is -2.09. The monoisotopic (exact) mass is 285 g/mol. The Balaban J connectivity index is 2.32. The summed E-state index contributed by atoms with van der Waals surface area (Å²) in [6.07, 6.45) is 1.18. The number of aromatic nitrogens is 2. The Morgan fingerprint density at radius 1 is 1.38 bits per heavy atom. The molecule has 7 heteroatoms. The molecule has 2 aromatic rings. The summed E-state index contributed by atoms with van der Waals surface area (Å²) in [4.78, 5) is 18.7. The first-order valence-corrected chi connectivity index (χ1v) is 5.88. The number of nitrogens with zero attached hydrogens (tertiary/aromatic N) is 3. The van der Waals surface area contributed by atoms with Gasteiger partial charge in [0.1, 0.15) is 0 Å². The minimum atomic E-state index is -1.10. The summed E-state index contributed by atoms with van der Waals surface area (Å²) in [5.41, 5.74) is 0.728. The van der Waals surface area contributed by atoms with Crippen LogP contribution in [0.15, 0.2) is 24.4 Å². The zero-order chi connectivity index (χ0) is 15.4. The molecule has 1 heterocycles. The van der Waals surface area contributed by atoms with Crippen molar-refractivity contribution in [2.75, 3.05) is 7.11 Å². The predicted molar refractivity (Wildman–Crippen MR) is 71.5 cm³/mol. The van der Waals surface area contributed by atoms with Crippen molar-refractivity contribution in [2.24, 2.45) is 0 Å². The van der Waals surface area contributed by atoms with Crippen molar-refractivity contribution in [1.82, 2.24) is 9.97 Å². The number of carboxylic acid groups (broad SMARTS) is 1. The van der Waals surface area contributed by atoms with Crippen molar-refractivity contribution in [1.29, 1.82) is 5.26 Å². The Bertz CT molecular complexity index is 737. The van der Waals surface area contributed by atoms with Gasteiger partial charge in [-0.3, -0.25) is 0 Å². The molecule has 0 unspecified atom stereocenters. The van der Waals surface area contributed by atoms with Gasteiger partial charge in [-0.05, 0) is 19.1 Å². The molecule has 0 saturated carbocycles. The van der Waals surface area contributed by atoms with E-state index in [2.05, 4.69) is 9.97 Å². The molecule has 0 atom stereocenters. The molecule has 1 aromatic heterocycles. The molecule has 0 saturated heterocycles. The molecule has 0 aliphatic heterocycles. The third-order valence-electron chi connectivity index (χ3n) is 2.68. The SMILES string of the molecule is COc1cc(C#N)ccc1Oc1ncc(C(=O)O)c(C)n1. The van der Waals surface area contributed by atoms with Crippen LogP contribution in [0.3, 0.4) is 0 Å². The summed E-state index contributed by atoms with van der Waals surface area (Å²) in [5.74, 6) is -0.411. The molecule has 0 bridgehead atoms. The van der Waals surface area contributed by atoms with Crippen LogP contribution < -0.4 is 9.47 Å². The lowest BCUT2D eigenvalue weighted by atomic mass is 10.2. The van der Waals surface area contributed by atoms with Crippen LogP contribution in [0.5, 0.6) is 17.5 Å². The maximum atomic E-state index is 10.9. The Kier molecular flexibility index (Phi) is 4.00. The molecule has 0 aliphatic rings. The number of carbonyl (C=O) groups is 1. The molecule has 0 spiro atoms. The van der Waals surface area contributed by atoms with Crippen molar-refractivity contribution in [2.45, 2.75) is 6.92 Å². The molecular weight excluding hydrogens is 274 g/mol. The van der Waals surface area contributed by atoms with Gasteiger partial charge in [-0.15, -0.1) is 0 Å². The van der Waals surface area contributed by atoms with Crippen molar-refractivity contribution < 1.29 is 19.4 Å². The van der Waals surface area contributed by atoms with E-state index in [-0.39, 0.29) is 11.6 Å². The van der Waals surface area contributed by atoms with E-state index in [9.17, 15) is 4.79 Å². The van der Waals surface area contributed by atoms with Crippen LogP contribution in [-0.4, -0.2) is 28.2 Å². The van der Waals surface area contributed by atoms with Crippen molar-refractivity contribution in [3.63, 3.8) is 0 Å². The zero-order valence-corrected chi connectivity index (χ0v) is 11.3. The van der Waals surface area contributed by atoms with E-state index in [1.807, 2.05) is 6.07 Å². The first-order chi connectivity index (χ1) is 10.0. The van der Waals surface area contributed by atoms with Crippen LogP contribution in [0.4, 0.5) is 0 Å². The highest BCUT2D eigenvalue weighted by molar-refractivity contribution is 5.88. The van der Waals surface area contributed by atoms with E-state index in [1.54, 1.807) is 19.1 Å². The zero-order valence-electron chi connectivity index (χ0n) is 11.3. The minimum absolute atomic E-state index is 0.000470. The molecule has 0 radical (unpaired) electrons. The van der Waals surface area contributed by atoms with Crippen LogP contribution in [0, 0.1) is 18.3 Å². The number of carboxylic acids is 1. The lowest BCUT2D eigenvalue weighted by Crippen LogP contribution is -2.04. The second kappa shape index (κ2) is 5.88. The van der Waals surface area contributed by atoms with Crippen LogP contribution >= 0.6 is 0 Å². The molecular formula is C14H11N3O4. The molecule has 21 heavy (non-hydrogen) atoms. The molecule has 0 aliphatic carbocycles. The van der Waals surface area contributed by atoms with Gasteiger partial charge in [0.15, 0.2) is 11.5 Å². The number of nitriles is 1. The average Bonchev–Trinajstić information content (AvgIpc) is 2.47. The highest BCUT2D eigenvalue weighted by Gasteiger charge is 2.13. The lowest BCUT2D eigenvalue weighted by molar-refractivity contribution is 0.0695. The van der Waals surface area contributed by atoms with E-state index in [4.69, 9.17) is 19.8 Å². The van der Waals surface area contributed by atoms with Gasteiger partial charge >= 0.3 is 12.0 Å². The molecule has 2 rings (SSSR count). The maximum Gasteiger partial charge on any atom is 0.339 e. The van der Waals surface area contributed by atoms with Crippen LogP contribution in [0.25, 0.3) is 0 Å². The van der Waals surface area contributed by atoms with Crippen molar-refractivity contribution >= 4 is 5.97 Å². The first kappa shape index (κ1) is 14.3. The van der Waals surface area contributed by atoms with E-state index in [1.165, 1.54) is 19.4 Å². The van der Waals surface area contributed by atoms with Gasteiger partial charge in [-0.2, -0.15) is 10.2 Å². The van der Waals surface area contributed by atoms with E-state index < -0.39 is 5.97 Å². The second-order valence-corrected chi connectivity index (χ2v) is 4.04. The summed E-state index contributed by atoms with van der Waals surface area (Å²) < 4.78 is 10.6. The van der Waals surface area contributed by atoms with Gasteiger partial charge in [-0.25, -0.2) is 9.78 Å². The summed E-state index contributed by atoms with van der Waals surface area (Å²) in [5, 5.41) is 17.7. The van der Waals surface area contributed by atoms with Gasteiger partial charge < -0.3 is 14.6 Å². The van der Waals surface area contributed by atoms with Gasteiger partial charge in [0.2, 0.25) is 0 Å². The number of methoxy groups -OCH3 is 1. The standard InChI is InChI=1S/C14H11N3O4/c1-8-10(13(18)19)7-16-14(17-8)21-11-4-3-9(6-15)5-12(11)20-2/h3-5,7H,1-2H3,(H,18,19). The van der Waals surface area contributed by atoms with E-state index in [0.29, 0.717) is 22.8 Å². The predicted octanol–water partition coefficient (Wildman–Crippen LogP) is 2.16. The van der Waals surface area contributed by atoms with Gasteiger partial charge in [0.25, 0.3) is 0 Å². The van der Waals surface area contributed by atoms with Gasteiger partial charge in [0, 0.05) is 12.3 Å². The fraction of sp³-hybridized carbons (Fsp3) is 0.143. The first-order valence-electron chi connectivity index (χ1n) is 5.88. The van der Waals surface area contributed by atoms with Crippen LogP contribution in [-0.2, 0) is 0 Å². The second-order valence-electron chi connectivity index (χ2n) is 4.04. The Labute approximate surface area is 120 Å². The Morgan fingerprint density at radius 3 is 2.71 bits per heavy atom. The maximum absolute atomic E-state index is 10.9. The molecule has 0 fully saturated rings. The quantitative estimate of drug-likeness (QED) is 0.917. The molecule has 7 nitrogen and oxygen atoms in total. The molecule has 0 amide bonds. The normalized spacial score (nSPS) is 9.76. The van der Waals surface area contributed by atoms with E-state index in [0.717, 1.165) is 0 Å². The number of hydrogen-bond acceptors (Lipinski definition) is 6. The van der Waals surface area contributed by atoms with Crippen LogP contribution in [0.2, 0.25) is 0 Å². The number of ether oxygens (including phenoxy) is 2.